The summed E-state index contributed by atoms with van der Waals surface area (Å²) in [4.78, 5) is 11.7. The first-order valence-corrected chi connectivity index (χ1v) is 13.1. The van der Waals surface area contributed by atoms with Gasteiger partial charge in [-0.3, -0.25) is 4.68 Å². The minimum absolute atomic E-state index is 0.332. The zero-order valence-corrected chi connectivity index (χ0v) is 20.5. The monoisotopic (exact) mass is 483 g/mol. The first-order chi connectivity index (χ1) is 17.7. The Labute approximate surface area is 211 Å². The summed E-state index contributed by atoms with van der Waals surface area (Å²) in [5.41, 5.74) is 4.30. The van der Waals surface area contributed by atoms with Crippen molar-refractivity contribution in [2.24, 2.45) is 5.92 Å². The number of likely N-dealkylation sites (tertiary alicyclic amines) is 1. The van der Waals surface area contributed by atoms with Gasteiger partial charge in [-0.05, 0) is 62.8 Å². The summed E-state index contributed by atoms with van der Waals surface area (Å²) in [6.45, 7) is 5.53. The van der Waals surface area contributed by atoms with Crippen molar-refractivity contribution < 1.29 is 0 Å². The van der Waals surface area contributed by atoms with Gasteiger partial charge in [-0.1, -0.05) is 0 Å². The van der Waals surface area contributed by atoms with Gasteiger partial charge in [-0.15, -0.1) is 0 Å². The number of nitriles is 1. The van der Waals surface area contributed by atoms with Crippen LogP contribution in [0.25, 0.3) is 11.1 Å². The molecule has 1 aliphatic carbocycles. The highest BCUT2D eigenvalue weighted by Gasteiger charge is 2.27. The van der Waals surface area contributed by atoms with Gasteiger partial charge < -0.3 is 20.9 Å². The van der Waals surface area contributed by atoms with Crippen LogP contribution in [0.15, 0.2) is 43.0 Å². The molecule has 0 amide bonds. The maximum absolute atomic E-state index is 9.48. The average Bonchev–Trinajstić information content (AvgIpc) is 3.35. The Kier molecular flexibility index (Phi) is 6.53. The Morgan fingerprint density at radius 3 is 2.58 bits per heavy atom. The molecular weight excluding hydrogens is 450 g/mol. The molecule has 3 N–H and O–H groups in total. The number of anilines is 3. The third kappa shape index (κ3) is 5.35. The van der Waals surface area contributed by atoms with Crippen LogP contribution < -0.4 is 16.0 Å². The summed E-state index contributed by atoms with van der Waals surface area (Å²) in [6, 6.07) is 8.73. The lowest BCUT2D eigenvalue weighted by molar-refractivity contribution is 0.174. The number of hydrogen-bond donors (Lipinski definition) is 3. The Bertz CT molecular complexity index is 1210. The van der Waals surface area contributed by atoms with Crippen molar-refractivity contribution in [1.29, 1.82) is 5.26 Å². The molecule has 2 saturated heterocycles. The second-order valence-corrected chi connectivity index (χ2v) is 10.3. The van der Waals surface area contributed by atoms with Crippen LogP contribution in [0.5, 0.6) is 0 Å². The molecule has 1 saturated carbocycles. The first-order valence-electron chi connectivity index (χ1n) is 13.1. The average molecular weight is 484 g/mol. The van der Waals surface area contributed by atoms with E-state index < -0.39 is 0 Å². The number of aromatic nitrogens is 4. The van der Waals surface area contributed by atoms with E-state index in [-0.39, 0.29) is 0 Å². The molecule has 0 spiro atoms. The number of nitrogens with one attached hydrogen (secondary N) is 3. The van der Waals surface area contributed by atoms with Crippen LogP contribution >= 0.6 is 0 Å². The lowest BCUT2D eigenvalue weighted by Crippen LogP contribution is -2.36. The quantitative estimate of drug-likeness (QED) is 0.444. The highest BCUT2D eigenvalue weighted by molar-refractivity contribution is 5.68. The fraction of sp³-hybridized carbons (Fsp3) is 0.481. The van der Waals surface area contributed by atoms with Crippen LogP contribution in [-0.2, 0) is 0 Å². The molecular formula is C27H33N9. The summed E-state index contributed by atoms with van der Waals surface area (Å²) >= 11 is 0. The summed E-state index contributed by atoms with van der Waals surface area (Å²) < 4.78 is 2.13. The molecule has 3 aromatic rings. The molecule has 9 nitrogen and oxygen atoms in total. The van der Waals surface area contributed by atoms with Crippen LogP contribution in [0.1, 0.15) is 43.7 Å². The van der Waals surface area contributed by atoms with E-state index in [0.717, 1.165) is 60.8 Å². The molecule has 186 valence electrons. The Balaban J connectivity index is 1.08. The van der Waals surface area contributed by atoms with Crippen LogP contribution in [-0.4, -0.2) is 63.4 Å². The van der Waals surface area contributed by atoms with Crippen molar-refractivity contribution in [1.82, 2.24) is 30.0 Å². The molecule has 0 unspecified atom stereocenters. The van der Waals surface area contributed by atoms with Crippen molar-refractivity contribution >= 4 is 17.3 Å². The molecule has 36 heavy (non-hydrogen) atoms. The summed E-state index contributed by atoms with van der Waals surface area (Å²) in [7, 11) is 0. The molecule has 3 aliphatic rings. The standard InChI is InChI=1S/C27H33N9/c28-12-20-3-4-23(11-26(20)33-24-5-8-29-16-24)34-27-30-13-21(14-31-27)22-15-32-36(18-22)25-6-9-35(10-7-25)17-19-1-2-19/h3-4,11,13-15,18-19,24-25,29,33H,1-2,5-10,16-17H2,(H,30,31,34)/t24-/m1/s1. The summed E-state index contributed by atoms with van der Waals surface area (Å²) in [6.07, 6.45) is 13.9. The number of benzene rings is 1. The SMILES string of the molecule is N#Cc1ccc(Nc2ncc(-c3cnn(C4CCN(CC5CC5)CC4)c3)cn2)cc1N[C@@H]1CCNC1. The van der Waals surface area contributed by atoms with Crippen molar-refractivity contribution in [2.45, 2.75) is 44.2 Å². The summed E-state index contributed by atoms with van der Waals surface area (Å²) in [5, 5.41) is 24.2. The molecule has 2 aromatic heterocycles. The van der Waals surface area contributed by atoms with Crippen molar-refractivity contribution in [2.75, 3.05) is 43.4 Å². The van der Waals surface area contributed by atoms with E-state index in [1.807, 2.05) is 36.8 Å². The van der Waals surface area contributed by atoms with E-state index in [9.17, 15) is 5.26 Å². The second kappa shape index (κ2) is 10.2. The Morgan fingerprint density at radius 1 is 1.03 bits per heavy atom. The van der Waals surface area contributed by atoms with Gasteiger partial charge in [0, 0.05) is 67.6 Å². The van der Waals surface area contributed by atoms with Gasteiger partial charge in [-0.2, -0.15) is 10.4 Å². The predicted octanol–water partition coefficient (Wildman–Crippen LogP) is 3.78. The van der Waals surface area contributed by atoms with Gasteiger partial charge >= 0.3 is 0 Å². The highest BCUT2D eigenvalue weighted by Crippen LogP contribution is 2.32. The third-order valence-electron chi connectivity index (χ3n) is 7.55. The van der Waals surface area contributed by atoms with Gasteiger partial charge in [0.1, 0.15) is 6.07 Å². The molecule has 6 rings (SSSR count). The van der Waals surface area contributed by atoms with Gasteiger partial charge in [0.05, 0.1) is 23.5 Å². The maximum Gasteiger partial charge on any atom is 0.227 e. The minimum atomic E-state index is 0.332. The van der Waals surface area contributed by atoms with E-state index in [4.69, 9.17) is 0 Å². The van der Waals surface area contributed by atoms with E-state index >= 15 is 0 Å². The minimum Gasteiger partial charge on any atom is -0.380 e. The normalized spacial score (nSPS) is 20.8. The van der Waals surface area contributed by atoms with Crippen molar-refractivity contribution in [3.05, 3.63) is 48.5 Å². The highest BCUT2D eigenvalue weighted by atomic mass is 15.3. The molecule has 1 aromatic carbocycles. The van der Waals surface area contributed by atoms with Gasteiger partial charge in [0.2, 0.25) is 5.95 Å². The Hall–Kier alpha value is -3.48. The number of hydrogen-bond acceptors (Lipinski definition) is 8. The molecule has 4 heterocycles. The van der Waals surface area contributed by atoms with Crippen LogP contribution in [0, 0.1) is 17.2 Å². The largest absolute Gasteiger partial charge is 0.380 e. The van der Waals surface area contributed by atoms with E-state index in [1.165, 1.54) is 32.5 Å². The number of nitrogens with zero attached hydrogens (tertiary/aromatic N) is 6. The number of piperidine rings is 1. The lowest BCUT2D eigenvalue weighted by Gasteiger charge is -2.32. The molecule has 3 fully saturated rings. The number of rotatable bonds is 8. The Morgan fingerprint density at radius 2 is 1.86 bits per heavy atom. The molecule has 0 bridgehead atoms. The zero-order valence-electron chi connectivity index (χ0n) is 20.5. The van der Waals surface area contributed by atoms with E-state index in [1.54, 1.807) is 0 Å². The molecule has 0 radical (unpaired) electrons. The van der Waals surface area contributed by atoms with Gasteiger partial charge in [0.25, 0.3) is 0 Å². The fourth-order valence-electron chi connectivity index (χ4n) is 5.23. The topological polar surface area (TPSA) is 107 Å². The lowest BCUT2D eigenvalue weighted by atomic mass is 10.0. The van der Waals surface area contributed by atoms with Gasteiger partial charge in [-0.25, -0.2) is 9.97 Å². The first kappa shape index (κ1) is 23.0. The van der Waals surface area contributed by atoms with E-state index in [2.05, 4.69) is 52.9 Å². The molecule has 2 aliphatic heterocycles. The van der Waals surface area contributed by atoms with Gasteiger partial charge in [0.15, 0.2) is 0 Å². The predicted molar refractivity (Wildman–Crippen MR) is 140 cm³/mol. The summed E-state index contributed by atoms with van der Waals surface area (Å²) in [5.74, 6) is 1.48. The van der Waals surface area contributed by atoms with Crippen LogP contribution in [0.2, 0.25) is 0 Å². The van der Waals surface area contributed by atoms with Crippen molar-refractivity contribution in [3.8, 4) is 17.2 Å². The van der Waals surface area contributed by atoms with Crippen LogP contribution in [0.3, 0.4) is 0 Å². The zero-order chi connectivity index (χ0) is 24.3. The fourth-order valence-corrected chi connectivity index (χ4v) is 5.23. The second-order valence-electron chi connectivity index (χ2n) is 10.3. The van der Waals surface area contributed by atoms with Crippen LogP contribution in [0.4, 0.5) is 17.3 Å². The molecule has 1 atom stereocenters. The smallest absolute Gasteiger partial charge is 0.227 e. The van der Waals surface area contributed by atoms with E-state index in [0.29, 0.717) is 23.6 Å². The maximum atomic E-state index is 9.48. The third-order valence-corrected chi connectivity index (χ3v) is 7.55. The van der Waals surface area contributed by atoms with Crippen molar-refractivity contribution in [3.63, 3.8) is 0 Å². The molecule has 9 heteroatoms.